The first-order valence-electron chi connectivity index (χ1n) is 6.26. The molecule has 7 heteroatoms. The number of benzene rings is 1. The minimum Gasteiger partial charge on any atom is -0.477 e. The molecular formula is C13H13NO4S2. The first-order valence-corrected chi connectivity index (χ1v) is 8.56. The third-order valence-corrected chi connectivity index (χ3v) is 6.33. The maximum atomic E-state index is 12.5. The molecule has 0 radical (unpaired) electrons. The van der Waals surface area contributed by atoms with Crippen LogP contribution in [0, 0.1) is 0 Å². The predicted molar refractivity (Wildman–Crippen MR) is 76.7 cm³/mol. The highest BCUT2D eigenvalue weighted by atomic mass is 32.2. The van der Waals surface area contributed by atoms with Gasteiger partial charge in [-0.1, -0.05) is 24.6 Å². The third-order valence-electron chi connectivity index (χ3n) is 3.44. The van der Waals surface area contributed by atoms with Crippen LogP contribution >= 0.6 is 11.3 Å². The van der Waals surface area contributed by atoms with E-state index in [0.717, 1.165) is 30.6 Å². The molecule has 1 fully saturated rings. The van der Waals surface area contributed by atoms with Crippen molar-refractivity contribution >= 4 is 37.4 Å². The molecule has 20 heavy (non-hydrogen) atoms. The topological polar surface area (TPSA) is 83.5 Å². The van der Waals surface area contributed by atoms with E-state index in [9.17, 15) is 18.3 Å². The highest BCUT2D eigenvalue weighted by Gasteiger charge is 2.31. The lowest BCUT2D eigenvalue weighted by Crippen LogP contribution is -2.39. The summed E-state index contributed by atoms with van der Waals surface area (Å²) in [5.41, 5.74) is 0. The van der Waals surface area contributed by atoms with Crippen molar-refractivity contribution in [2.24, 2.45) is 0 Å². The van der Waals surface area contributed by atoms with Crippen molar-refractivity contribution in [1.82, 2.24) is 4.72 Å². The summed E-state index contributed by atoms with van der Waals surface area (Å²) in [5, 5.41) is 9.73. The molecule has 0 atom stereocenters. The molecule has 0 aliphatic heterocycles. The summed E-state index contributed by atoms with van der Waals surface area (Å²) in [6, 6.07) is 6.78. The molecule has 0 unspecified atom stereocenters. The summed E-state index contributed by atoms with van der Waals surface area (Å²) in [6.07, 6.45) is 2.62. The SMILES string of the molecule is O=C(O)c1sc2ccccc2c1S(=O)(=O)NC1CCC1. The molecule has 106 valence electrons. The second kappa shape index (κ2) is 4.83. The molecule has 0 saturated heterocycles. The van der Waals surface area contributed by atoms with E-state index in [2.05, 4.69) is 4.72 Å². The fourth-order valence-corrected chi connectivity index (χ4v) is 5.28. The Kier molecular flexibility index (Phi) is 3.27. The molecule has 0 spiro atoms. The number of fused-ring (bicyclic) bond motifs is 1. The van der Waals surface area contributed by atoms with Crippen LogP contribution in [0.3, 0.4) is 0 Å². The highest BCUT2D eigenvalue weighted by molar-refractivity contribution is 7.90. The van der Waals surface area contributed by atoms with Gasteiger partial charge < -0.3 is 5.11 Å². The van der Waals surface area contributed by atoms with Gasteiger partial charge in [-0.25, -0.2) is 17.9 Å². The Morgan fingerprint density at radius 1 is 1.30 bits per heavy atom. The fraction of sp³-hybridized carbons (Fsp3) is 0.308. The Morgan fingerprint density at radius 3 is 2.60 bits per heavy atom. The molecule has 1 saturated carbocycles. The van der Waals surface area contributed by atoms with Gasteiger partial charge in [-0.2, -0.15) is 0 Å². The summed E-state index contributed by atoms with van der Waals surface area (Å²) >= 11 is 0.993. The lowest BCUT2D eigenvalue weighted by molar-refractivity contribution is 0.0698. The van der Waals surface area contributed by atoms with E-state index in [-0.39, 0.29) is 15.8 Å². The van der Waals surface area contributed by atoms with Crippen molar-refractivity contribution in [3.63, 3.8) is 0 Å². The van der Waals surface area contributed by atoms with Crippen molar-refractivity contribution in [3.8, 4) is 0 Å². The molecule has 1 heterocycles. The number of hydrogen-bond acceptors (Lipinski definition) is 4. The van der Waals surface area contributed by atoms with Gasteiger partial charge in [0.05, 0.1) is 0 Å². The Hall–Kier alpha value is -1.44. The largest absolute Gasteiger partial charge is 0.477 e. The molecular weight excluding hydrogens is 298 g/mol. The molecule has 1 aromatic carbocycles. The van der Waals surface area contributed by atoms with Crippen LogP contribution in [-0.4, -0.2) is 25.5 Å². The van der Waals surface area contributed by atoms with E-state index in [4.69, 9.17) is 0 Å². The maximum absolute atomic E-state index is 12.5. The number of sulfonamides is 1. The van der Waals surface area contributed by atoms with Gasteiger partial charge >= 0.3 is 5.97 Å². The quantitative estimate of drug-likeness (QED) is 0.908. The minimum atomic E-state index is -3.80. The second-order valence-electron chi connectivity index (χ2n) is 4.81. The summed E-state index contributed by atoms with van der Waals surface area (Å²) in [6.45, 7) is 0. The molecule has 1 aliphatic rings. The van der Waals surface area contributed by atoms with E-state index in [1.165, 1.54) is 0 Å². The molecule has 0 bridgehead atoms. The van der Waals surface area contributed by atoms with Crippen molar-refractivity contribution in [2.75, 3.05) is 0 Å². The van der Waals surface area contributed by atoms with Gasteiger partial charge in [0.15, 0.2) is 0 Å². The lowest BCUT2D eigenvalue weighted by Gasteiger charge is -2.26. The first-order chi connectivity index (χ1) is 9.49. The van der Waals surface area contributed by atoms with Crippen LogP contribution in [0.5, 0.6) is 0 Å². The number of thiophene rings is 1. The fourth-order valence-electron chi connectivity index (χ4n) is 2.23. The van der Waals surface area contributed by atoms with Crippen molar-refractivity contribution < 1.29 is 18.3 Å². The van der Waals surface area contributed by atoms with Crippen LogP contribution in [0.2, 0.25) is 0 Å². The van der Waals surface area contributed by atoms with Crippen LogP contribution in [0.1, 0.15) is 28.9 Å². The van der Waals surface area contributed by atoms with Crippen LogP contribution in [-0.2, 0) is 10.0 Å². The van der Waals surface area contributed by atoms with Crippen LogP contribution in [0.4, 0.5) is 0 Å². The molecule has 1 aliphatic carbocycles. The highest BCUT2D eigenvalue weighted by Crippen LogP contribution is 2.35. The number of hydrogen-bond donors (Lipinski definition) is 2. The van der Waals surface area contributed by atoms with Gasteiger partial charge in [0, 0.05) is 16.1 Å². The van der Waals surface area contributed by atoms with E-state index in [1.54, 1.807) is 24.3 Å². The monoisotopic (exact) mass is 311 g/mol. The Morgan fingerprint density at radius 2 is 2.00 bits per heavy atom. The van der Waals surface area contributed by atoms with Gasteiger partial charge in [-0.05, 0) is 18.9 Å². The molecule has 0 amide bonds. The van der Waals surface area contributed by atoms with Crippen LogP contribution in [0.25, 0.3) is 10.1 Å². The number of rotatable bonds is 4. The van der Waals surface area contributed by atoms with Crippen molar-refractivity contribution in [2.45, 2.75) is 30.2 Å². The standard InChI is InChI=1S/C13H13NO4S2/c15-13(16)11-12(9-6-1-2-7-10(9)19-11)20(17,18)14-8-4-3-5-8/h1-2,6-8,14H,3-5H2,(H,15,16). The molecule has 2 N–H and O–H groups in total. The normalized spacial score (nSPS) is 16.2. The summed E-state index contributed by atoms with van der Waals surface area (Å²) in [4.78, 5) is 11.1. The smallest absolute Gasteiger partial charge is 0.347 e. The summed E-state index contributed by atoms with van der Waals surface area (Å²) in [5.74, 6) is -1.21. The van der Waals surface area contributed by atoms with E-state index >= 15 is 0 Å². The minimum absolute atomic E-state index is 0.0692. The molecule has 1 aromatic heterocycles. The zero-order chi connectivity index (χ0) is 14.3. The molecule has 5 nitrogen and oxygen atoms in total. The van der Waals surface area contributed by atoms with Crippen LogP contribution in [0.15, 0.2) is 29.2 Å². The maximum Gasteiger partial charge on any atom is 0.347 e. The average molecular weight is 311 g/mol. The van der Waals surface area contributed by atoms with Crippen molar-refractivity contribution in [1.29, 1.82) is 0 Å². The Balaban J connectivity index is 2.17. The van der Waals surface area contributed by atoms with Gasteiger partial charge in [0.2, 0.25) is 10.0 Å². The number of carboxylic acids is 1. The summed E-state index contributed by atoms with van der Waals surface area (Å²) in [7, 11) is -3.80. The average Bonchev–Trinajstić information content (AvgIpc) is 2.74. The number of aromatic carboxylic acids is 1. The van der Waals surface area contributed by atoms with E-state index in [1.807, 2.05) is 0 Å². The van der Waals surface area contributed by atoms with Gasteiger partial charge in [0.1, 0.15) is 9.77 Å². The van der Waals surface area contributed by atoms with E-state index in [0.29, 0.717) is 10.1 Å². The lowest BCUT2D eigenvalue weighted by atomic mass is 9.94. The molecule has 2 aromatic rings. The van der Waals surface area contributed by atoms with E-state index < -0.39 is 16.0 Å². The van der Waals surface area contributed by atoms with Gasteiger partial charge in [0.25, 0.3) is 0 Å². The predicted octanol–water partition coefficient (Wildman–Crippen LogP) is 2.43. The summed E-state index contributed by atoms with van der Waals surface area (Å²) < 4.78 is 28.2. The zero-order valence-electron chi connectivity index (χ0n) is 10.5. The third kappa shape index (κ3) is 2.21. The number of nitrogens with one attached hydrogen (secondary N) is 1. The van der Waals surface area contributed by atoms with Crippen molar-refractivity contribution in [3.05, 3.63) is 29.1 Å². The number of carboxylic acid groups (broad SMARTS) is 1. The Bertz CT molecular complexity index is 775. The first kappa shape index (κ1) is 13.5. The Labute approximate surface area is 120 Å². The van der Waals surface area contributed by atoms with Gasteiger partial charge in [-0.15, -0.1) is 11.3 Å². The van der Waals surface area contributed by atoms with Gasteiger partial charge in [-0.3, -0.25) is 0 Å². The van der Waals surface area contributed by atoms with Crippen LogP contribution < -0.4 is 4.72 Å². The molecule has 3 rings (SSSR count). The second-order valence-corrected chi connectivity index (χ2v) is 7.51. The number of carbonyl (C=O) groups is 1. The zero-order valence-corrected chi connectivity index (χ0v) is 12.1.